The highest BCUT2D eigenvalue weighted by Gasteiger charge is 2.26. The predicted octanol–water partition coefficient (Wildman–Crippen LogP) is 15.9. The van der Waals surface area contributed by atoms with Crippen LogP contribution in [0, 0.1) is 0 Å². The normalized spacial score (nSPS) is 11.5. The molecule has 0 radical (unpaired) electrons. The second kappa shape index (κ2) is 15.0. The molecule has 4 heteroatoms. The molecular formula is C58H37N3S. The molecule has 0 spiro atoms. The van der Waals surface area contributed by atoms with Crippen molar-refractivity contribution in [2.45, 2.75) is 0 Å². The molecule has 3 aromatic heterocycles. The van der Waals surface area contributed by atoms with Gasteiger partial charge in [-0.1, -0.05) is 206 Å². The fourth-order valence-corrected chi connectivity index (χ4v) is 10.4. The smallest absolute Gasteiger partial charge is 0.160 e. The largest absolute Gasteiger partial charge is 0.307 e. The summed E-state index contributed by atoms with van der Waals surface area (Å²) in [4.78, 5) is 10.8. The molecular weight excluding hydrogens is 771 g/mol. The Labute approximate surface area is 363 Å². The van der Waals surface area contributed by atoms with Crippen LogP contribution in [0.5, 0.6) is 0 Å². The monoisotopic (exact) mass is 807 g/mol. The minimum absolute atomic E-state index is 0.714. The Morgan fingerprint density at radius 2 is 0.758 bits per heavy atom. The van der Waals surface area contributed by atoms with E-state index in [1.807, 2.05) is 6.07 Å². The Bertz CT molecular complexity index is 3440. The first-order chi connectivity index (χ1) is 30.8. The summed E-state index contributed by atoms with van der Waals surface area (Å²) in [5.41, 5.74) is 16.5. The molecule has 12 rings (SSSR count). The Morgan fingerprint density at radius 1 is 0.339 bits per heavy atom. The van der Waals surface area contributed by atoms with Crippen LogP contribution >= 0.6 is 11.3 Å². The lowest BCUT2D eigenvalue weighted by Gasteiger charge is -2.23. The van der Waals surface area contributed by atoms with E-state index < -0.39 is 0 Å². The van der Waals surface area contributed by atoms with Crippen LogP contribution in [0.15, 0.2) is 224 Å². The van der Waals surface area contributed by atoms with E-state index in [1.165, 1.54) is 48.8 Å². The summed E-state index contributed by atoms with van der Waals surface area (Å²) in [6, 6.07) is 80.6. The van der Waals surface area contributed by atoms with Crippen molar-refractivity contribution in [3.05, 3.63) is 224 Å². The lowest BCUT2D eigenvalue weighted by Crippen LogP contribution is -2.04. The molecule has 0 aliphatic carbocycles. The molecule has 0 aliphatic rings. The van der Waals surface area contributed by atoms with Crippen LogP contribution in [0.2, 0.25) is 0 Å². The van der Waals surface area contributed by atoms with E-state index >= 15 is 0 Å². The van der Waals surface area contributed by atoms with Crippen LogP contribution in [0.1, 0.15) is 0 Å². The van der Waals surface area contributed by atoms with Gasteiger partial charge in [0, 0.05) is 54.2 Å². The maximum atomic E-state index is 5.50. The lowest BCUT2D eigenvalue weighted by atomic mass is 9.91. The molecule has 0 atom stereocenters. The summed E-state index contributed by atoms with van der Waals surface area (Å²) >= 11 is 1.76. The fourth-order valence-electron chi connectivity index (χ4n) is 9.23. The summed E-state index contributed by atoms with van der Waals surface area (Å²) in [7, 11) is 0. The second-order valence-corrected chi connectivity index (χ2v) is 16.7. The van der Waals surface area contributed by atoms with Crippen LogP contribution in [-0.4, -0.2) is 14.5 Å². The van der Waals surface area contributed by atoms with E-state index in [9.17, 15) is 0 Å². The van der Waals surface area contributed by atoms with Crippen LogP contribution in [0.3, 0.4) is 0 Å². The summed E-state index contributed by atoms with van der Waals surface area (Å²) in [6.45, 7) is 0. The van der Waals surface area contributed by atoms with E-state index in [0.29, 0.717) is 5.82 Å². The van der Waals surface area contributed by atoms with Crippen molar-refractivity contribution < 1.29 is 0 Å². The molecule has 0 saturated carbocycles. The highest BCUT2D eigenvalue weighted by molar-refractivity contribution is 7.26. The quantitative estimate of drug-likeness (QED) is 0.161. The summed E-state index contributed by atoms with van der Waals surface area (Å²) < 4.78 is 4.85. The minimum Gasteiger partial charge on any atom is -0.307 e. The molecule has 0 fully saturated rings. The standard InChI is InChI=1S/C58H37N3S/c1-6-20-38(21-7-1)44-31-18-33-46-47-34-19-32-45(39-22-8-2-9-23-39)55(47)61(54(44)46)56-49(40-24-10-3-11-25-40)36-43(37-50(56)41-26-12-4-13-27-41)52-57-53(48-30-16-17-35-51(48)62-57)60-58(59-52)42-28-14-5-15-29-42/h1-37H. The maximum Gasteiger partial charge on any atom is 0.160 e. The zero-order valence-corrected chi connectivity index (χ0v) is 34.4. The van der Waals surface area contributed by atoms with Gasteiger partial charge < -0.3 is 4.57 Å². The molecule has 0 bridgehead atoms. The molecule has 290 valence electrons. The molecule has 3 heterocycles. The Kier molecular flexibility index (Phi) is 8.68. The van der Waals surface area contributed by atoms with Crippen molar-refractivity contribution in [1.82, 2.24) is 14.5 Å². The second-order valence-electron chi connectivity index (χ2n) is 15.7. The number of aromatic nitrogens is 3. The number of para-hydroxylation sites is 2. The average Bonchev–Trinajstić information content (AvgIpc) is 3.91. The van der Waals surface area contributed by atoms with Crippen molar-refractivity contribution in [2.24, 2.45) is 0 Å². The number of hydrogen-bond acceptors (Lipinski definition) is 3. The molecule has 0 amide bonds. The molecule has 0 N–H and O–H groups in total. The molecule has 0 unspecified atom stereocenters. The van der Waals surface area contributed by atoms with Crippen molar-refractivity contribution in [2.75, 3.05) is 0 Å². The predicted molar refractivity (Wildman–Crippen MR) is 262 cm³/mol. The molecule has 9 aromatic carbocycles. The third kappa shape index (κ3) is 5.95. The lowest BCUT2D eigenvalue weighted by molar-refractivity contribution is 1.18. The van der Waals surface area contributed by atoms with Crippen molar-refractivity contribution in [1.29, 1.82) is 0 Å². The first kappa shape index (κ1) is 36.0. The van der Waals surface area contributed by atoms with E-state index in [1.54, 1.807) is 11.3 Å². The van der Waals surface area contributed by atoms with Gasteiger partial charge in [-0.3, -0.25) is 0 Å². The van der Waals surface area contributed by atoms with E-state index in [4.69, 9.17) is 9.97 Å². The Hall–Kier alpha value is -7.92. The summed E-state index contributed by atoms with van der Waals surface area (Å²) in [6.07, 6.45) is 0. The summed E-state index contributed by atoms with van der Waals surface area (Å²) in [5, 5.41) is 3.55. The number of hydrogen-bond donors (Lipinski definition) is 0. The van der Waals surface area contributed by atoms with E-state index in [0.717, 1.165) is 60.4 Å². The van der Waals surface area contributed by atoms with Crippen molar-refractivity contribution in [3.8, 4) is 72.8 Å². The highest BCUT2D eigenvalue weighted by atomic mass is 32.1. The Balaban J connectivity index is 1.28. The van der Waals surface area contributed by atoms with Crippen LogP contribution < -0.4 is 0 Å². The third-order valence-electron chi connectivity index (χ3n) is 12.0. The van der Waals surface area contributed by atoms with Crippen molar-refractivity contribution in [3.63, 3.8) is 0 Å². The molecule has 0 aliphatic heterocycles. The first-order valence-corrected chi connectivity index (χ1v) is 21.8. The zero-order chi connectivity index (χ0) is 41.0. The zero-order valence-electron chi connectivity index (χ0n) is 33.6. The van der Waals surface area contributed by atoms with E-state index in [2.05, 4.69) is 223 Å². The van der Waals surface area contributed by atoms with Gasteiger partial charge in [-0.15, -0.1) is 11.3 Å². The number of benzene rings is 9. The SMILES string of the molecule is c1ccc(-c2nc(-c3cc(-c4ccccc4)c(-n4c5c(-c6ccccc6)cccc5c5cccc(-c6ccccc6)c54)c(-c4ccccc4)c3)c3sc4ccccc4c3n2)cc1. The maximum absolute atomic E-state index is 5.50. The number of nitrogens with zero attached hydrogens (tertiary/aromatic N) is 3. The molecule has 0 saturated heterocycles. The van der Waals surface area contributed by atoms with Gasteiger partial charge in [-0.05, 0) is 40.5 Å². The molecule has 62 heavy (non-hydrogen) atoms. The van der Waals surface area contributed by atoms with Crippen LogP contribution in [0.25, 0.3) is 115 Å². The van der Waals surface area contributed by atoms with Gasteiger partial charge in [0.15, 0.2) is 5.82 Å². The fraction of sp³-hybridized carbons (Fsp3) is 0. The van der Waals surface area contributed by atoms with E-state index in [-0.39, 0.29) is 0 Å². The number of thiophene rings is 1. The van der Waals surface area contributed by atoms with Gasteiger partial charge in [0.2, 0.25) is 0 Å². The van der Waals surface area contributed by atoms with Crippen LogP contribution in [-0.2, 0) is 0 Å². The van der Waals surface area contributed by atoms with Gasteiger partial charge in [-0.25, -0.2) is 9.97 Å². The van der Waals surface area contributed by atoms with Gasteiger partial charge in [0.1, 0.15) is 0 Å². The molecule has 12 aromatic rings. The van der Waals surface area contributed by atoms with Crippen molar-refractivity contribution >= 4 is 53.4 Å². The van der Waals surface area contributed by atoms with Crippen LogP contribution in [0.4, 0.5) is 0 Å². The highest BCUT2D eigenvalue weighted by Crippen LogP contribution is 2.49. The Morgan fingerprint density at radius 3 is 1.26 bits per heavy atom. The number of fused-ring (bicyclic) bond motifs is 6. The first-order valence-electron chi connectivity index (χ1n) is 21.0. The average molecular weight is 808 g/mol. The summed E-state index contributed by atoms with van der Waals surface area (Å²) in [5.74, 6) is 0.714. The minimum atomic E-state index is 0.714. The van der Waals surface area contributed by atoms with Gasteiger partial charge in [-0.2, -0.15) is 0 Å². The third-order valence-corrected chi connectivity index (χ3v) is 13.2. The van der Waals surface area contributed by atoms with Gasteiger partial charge in [0.05, 0.1) is 32.6 Å². The van der Waals surface area contributed by atoms with Gasteiger partial charge >= 0.3 is 0 Å². The molecule has 3 nitrogen and oxygen atoms in total. The topological polar surface area (TPSA) is 30.7 Å². The number of rotatable bonds is 7. The van der Waals surface area contributed by atoms with Gasteiger partial charge in [0.25, 0.3) is 0 Å².